The number of rotatable bonds is 5. The van der Waals surface area contributed by atoms with Gasteiger partial charge < -0.3 is 15.4 Å². The number of carbonyl (C=O) groups excluding carboxylic acids is 2. The summed E-state index contributed by atoms with van der Waals surface area (Å²) in [6, 6.07) is 5.63. The molecule has 5 nitrogen and oxygen atoms in total. The lowest BCUT2D eigenvalue weighted by Gasteiger charge is -2.08. The second-order valence-corrected chi connectivity index (χ2v) is 4.26. The van der Waals surface area contributed by atoms with Gasteiger partial charge in [0.05, 0.1) is 6.61 Å². The molecule has 0 aliphatic carbocycles. The number of urea groups is 1. The number of carbonyl (C=O) groups is 2. The van der Waals surface area contributed by atoms with Crippen molar-refractivity contribution >= 4 is 12.0 Å². The van der Waals surface area contributed by atoms with Crippen LogP contribution in [-0.2, 0) is 16.1 Å². The second-order valence-electron chi connectivity index (χ2n) is 4.26. The molecule has 0 radical (unpaired) electrons. The first kappa shape index (κ1) is 15.0. The number of hydrogen-bond donors (Lipinski definition) is 2. The van der Waals surface area contributed by atoms with Crippen LogP contribution in [0.2, 0.25) is 0 Å². The number of hydrogen-bond acceptors (Lipinski definition) is 3. The van der Waals surface area contributed by atoms with E-state index in [0.717, 1.165) is 5.56 Å². The zero-order valence-corrected chi connectivity index (χ0v) is 11.6. The molecule has 1 aromatic carbocycles. The molecule has 104 valence electrons. The maximum Gasteiger partial charge on any atom is 0.325 e. The number of esters is 1. The average Bonchev–Trinajstić information content (AvgIpc) is 2.38. The SMILES string of the molecule is CCOC(=O)CNC(=O)NCc1ccc(C)c(C)c1. The van der Waals surface area contributed by atoms with Crippen molar-refractivity contribution in [2.45, 2.75) is 27.3 Å². The van der Waals surface area contributed by atoms with E-state index >= 15 is 0 Å². The van der Waals surface area contributed by atoms with Crippen LogP contribution in [0.15, 0.2) is 18.2 Å². The van der Waals surface area contributed by atoms with Gasteiger partial charge in [-0.15, -0.1) is 0 Å². The van der Waals surface area contributed by atoms with E-state index in [1.54, 1.807) is 6.92 Å². The predicted molar refractivity (Wildman–Crippen MR) is 72.8 cm³/mol. The predicted octanol–water partition coefficient (Wildman–Crippen LogP) is 1.67. The third-order valence-corrected chi connectivity index (χ3v) is 2.72. The van der Waals surface area contributed by atoms with E-state index in [4.69, 9.17) is 4.74 Å². The number of ether oxygens (including phenoxy) is 1. The van der Waals surface area contributed by atoms with Gasteiger partial charge in [0.2, 0.25) is 0 Å². The Bertz CT molecular complexity index is 458. The van der Waals surface area contributed by atoms with Gasteiger partial charge in [-0.2, -0.15) is 0 Å². The van der Waals surface area contributed by atoms with E-state index in [1.165, 1.54) is 11.1 Å². The van der Waals surface area contributed by atoms with Crippen molar-refractivity contribution in [2.75, 3.05) is 13.2 Å². The Morgan fingerprint density at radius 3 is 2.53 bits per heavy atom. The van der Waals surface area contributed by atoms with Crippen LogP contribution in [0.4, 0.5) is 4.79 Å². The van der Waals surface area contributed by atoms with Crippen molar-refractivity contribution < 1.29 is 14.3 Å². The quantitative estimate of drug-likeness (QED) is 0.795. The number of aryl methyl sites for hydroxylation is 2. The Labute approximate surface area is 113 Å². The van der Waals surface area contributed by atoms with Crippen LogP contribution in [0.5, 0.6) is 0 Å². The van der Waals surface area contributed by atoms with Crippen LogP contribution in [0.25, 0.3) is 0 Å². The summed E-state index contributed by atoms with van der Waals surface area (Å²) in [5, 5.41) is 5.12. The van der Waals surface area contributed by atoms with E-state index in [0.29, 0.717) is 13.2 Å². The Balaban J connectivity index is 2.33. The van der Waals surface area contributed by atoms with E-state index in [1.807, 2.05) is 32.0 Å². The Morgan fingerprint density at radius 2 is 1.89 bits per heavy atom. The van der Waals surface area contributed by atoms with Gasteiger partial charge in [-0.05, 0) is 37.5 Å². The van der Waals surface area contributed by atoms with Crippen LogP contribution in [0.3, 0.4) is 0 Å². The van der Waals surface area contributed by atoms with Crippen LogP contribution in [-0.4, -0.2) is 25.2 Å². The van der Waals surface area contributed by atoms with Gasteiger partial charge in [0.15, 0.2) is 0 Å². The van der Waals surface area contributed by atoms with E-state index in [2.05, 4.69) is 10.6 Å². The zero-order valence-electron chi connectivity index (χ0n) is 11.6. The van der Waals surface area contributed by atoms with Gasteiger partial charge in [0, 0.05) is 6.54 Å². The molecule has 0 fully saturated rings. The summed E-state index contributed by atoms with van der Waals surface area (Å²) in [5.41, 5.74) is 3.43. The molecular weight excluding hydrogens is 244 g/mol. The van der Waals surface area contributed by atoms with Gasteiger partial charge in [-0.3, -0.25) is 4.79 Å². The van der Waals surface area contributed by atoms with Gasteiger partial charge in [0.25, 0.3) is 0 Å². The number of benzene rings is 1. The first-order valence-electron chi connectivity index (χ1n) is 6.26. The summed E-state index contributed by atoms with van der Waals surface area (Å²) in [5.74, 6) is -0.441. The van der Waals surface area contributed by atoms with Crippen molar-refractivity contribution in [3.63, 3.8) is 0 Å². The maximum absolute atomic E-state index is 11.4. The number of amides is 2. The fourth-order valence-corrected chi connectivity index (χ4v) is 1.52. The standard InChI is InChI=1S/C14H20N2O3/c1-4-19-13(17)9-16-14(18)15-8-12-6-5-10(2)11(3)7-12/h5-7H,4,8-9H2,1-3H3,(H2,15,16,18). The van der Waals surface area contributed by atoms with Gasteiger partial charge >= 0.3 is 12.0 Å². The molecule has 0 heterocycles. The summed E-state index contributed by atoms with van der Waals surface area (Å²) < 4.78 is 4.70. The molecule has 0 saturated heterocycles. The largest absolute Gasteiger partial charge is 0.465 e. The summed E-state index contributed by atoms with van der Waals surface area (Å²) in [4.78, 5) is 22.5. The summed E-state index contributed by atoms with van der Waals surface area (Å²) in [6.45, 7) is 6.41. The van der Waals surface area contributed by atoms with Crippen molar-refractivity contribution in [1.82, 2.24) is 10.6 Å². The first-order chi connectivity index (χ1) is 9.02. The fourth-order valence-electron chi connectivity index (χ4n) is 1.52. The highest BCUT2D eigenvalue weighted by Gasteiger charge is 2.05. The highest BCUT2D eigenvalue weighted by Crippen LogP contribution is 2.09. The molecule has 0 aliphatic rings. The molecule has 19 heavy (non-hydrogen) atoms. The molecule has 0 spiro atoms. The minimum absolute atomic E-state index is 0.118. The first-order valence-corrected chi connectivity index (χ1v) is 6.26. The minimum atomic E-state index is -0.441. The Morgan fingerprint density at radius 1 is 1.16 bits per heavy atom. The summed E-state index contributed by atoms with van der Waals surface area (Å²) in [6.07, 6.45) is 0. The minimum Gasteiger partial charge on any atom is -0.465 e. The smallest absolute Gasteiger partial charge is 0.325 e. The molecule has 5 heteroatoms. The molecule has 0 aliphatic heterocycles. The third kappa shape index (κ3) is 5.42. The van der Waals surface area contributed by atoms with Gasteiger partial charge in [-0.1, -0.05) is 18.2 Å². The molecule has 1 aromatic rings. The lowest BCUT2D eigenvalue weighted by molar-refractivity contribution is -0.141. The van der Waals surface area contributed by atoms with Crippen LogP contribution in [0, 0.1) is 13.8 Å². The third-order valence-electron chi connectivity index (χ3n) is 2.72. The molecule has 2 amide bonds. The molecule has 0 bridgehead atoms. The van der Waals surface area contributed by atoms with Crippen molar-refractivity contribution in [3.8, 4) is 0 Å². The summed E-state index contributed by atoms with van der Waals surface area (Å²) >= 11 is 0. The average molecular weight is 264 g/mol. The van der Waals surface area contributed by atoms with Crippen molar-refractivity contribution in [2.24, 2.45) is 0 Å². The van der Waals surface area contributed by atoms with Crippen LogP contribution in [0.1, 0.15) is 23.6 Å². The van der Waals surface area contributed by atoms with Gasteiger partial charge in [-0.25, -0.2) is 4.79 Å². The summed E-state index contributed by atoms with van der Waals surface area (Å²) in [7, 11) is 0. The number of nitrogens with one attached hydrogen (secondary N) is 2. The monoisotopic (exact) mass is 264 g/mol. The fraction of sp³-hybridized carbons (Fsp3) is 0.429. The van der Waals surface area contributed by atoms with Crippen LogP contribution < -0.4 is 10.6 Å². The zero-order chi connectivity index (χ0) is 14.3. The van der Waals surface area contributed by atoms with Crippen molar-refractivity contribution in [3.05, 3.63) is 34.9 Å². The molecule has 1 rings (SSSR count). The molecule has 0 aromatic heterocycles. The highest BCUT2D eigenvalue weighted by atomic mass is 16.5. The van der Waals surface area contributed by atoms with E-state index in [-0.39, 0.29) is 12.6 Å². The maximum atomic E-state index is 11.4. The second kappa shape index (κ2) is 7.41. The molecular formula is C14H20N2O3. The molecule has 0 atom stereocenters. The Kier molecular flexibility index (Phi) is 5.85. The Hall–Kier alpha value is -2.04. The lowest BCUT2D eigenvalue weighted by Crippen LogP contribution is -2.38. The topological polar surface area (TPSA) is 67.4 Å². The lowest BCUT2D eigenvalue weighted by atomic mass is 10.1. The van der Waals surface area contributed by atoms with Gasteiger partial charge in [0.1, 0.15) is 6.54 Å². The van der Waals surface area contributed by atoms with Crippen molar-refractivity contribution in [1.29, 1.82) is 0 Å². The van der Waals surface area contributed by atoms with E-state index in [9.17, 15) is 9.59 Å². The normalized spacial score (nSPS) is 9.84. The molecule has 2 N–H and O–H groups in total. The van der Waals surface area contributed by atoms with Crippen LogP contribution >= 0.6 is 0 Å². The molecule has 0 unspecified atom stereocenters. The molecule has 0 saturated carbocycles. The van der Waals surface area contributed by atoms with E-state index < -0.39 is 5.97 Å². The highest BCUT2D eigenvalue weighted by molar-refractivity contribution is 5.80.